The van der Waals surface area contributed by atoms with Crippen molar-refractivity contribution in [2.75, 3.05) is 7.11 Å². The van der Waals surface area contributed by atoms with Crippen molar-refractivity contribution < 1.29 is 4.74 Å². The molecule has 0 saturated heterocycles. The number of hydrogen-bond donors (Lipinski definition) is 1. The highest BCUT2D eigenvalue weighted by molar-refractivity contribution is 5.21. The summed E-state index contributed by atoms with van der Waals surface area (Å²) in [7, 11) is 1.72. The Kier molecular flexibility index (Phi) is 6.12. The van der Waals surface area contributed by atoms with Gasteiger partial charge in [-0.25, -0.2) is 0 Å². The van der Waals surface area contributed by atoms with Gasteiger partial charge >= 0.3 is 0 Å². The van der Waals surface area contributed by atoms with E-state index in [9.17, 15) is 0 Å². The summed E-state index contributed by atoms with van der Waals surface area (Å²) >= 11 is 0. The maximum Gasteiger partial charge on any atom is 0.0713 e. The standard InChI is InChI=1S/C14H23NO/c1-4-5-12(2)15-10-13-6-8-14(9-7-13)11-16-3/h6-9,12,15H,4-5,10-11H2,1-3H3. The van der Waals surface area contributed by atoms with E-state index in [-0.39, 0.29) is 0 Å². The molecule has 0 heterocycles. The van der Waals surface area contributed by atoms with Gasteiger partial charge in [0.2, 0.25) is 0 Å². The molecule has 0 spiro atoms. The lowest BCUT2D eigenvalue weighted by Crippen LogP contribution is -2.25. The van der Waals surface area contributed by atoms with Crippen LogP contribution in [0.5, 0.6) is 0 Å². The molecular formula is C14H23NO. The molecule has 0 aromatic heterocycles. The van der Waals surface area contributed by atoms with Gasteiger partial charge in [-0.15, -0.1) is 0 Å². The molecule has 16 heavy (non-hydrogen) atoms. The van der Waals surface area contributed by atoms with Crippen molar-refractivity contribution in [3.63, 3.8) is 0 Å². The highest BCUT2D eigenvalue weighted by Gasteiger charge is 2.00. The van der Waals surface area contributed by atoms with Crippen LogP contribution in [0.25, 0.3) is 0 Å². The fourth-order valence-corrected chi connectivity index (χ4v) is 1.75. The van der Waals surface area contributed by atoms with Gasteiger partial charge in [-0.2, -0.15) is 0 Å². The van der Waals surface area contributed by atoms with Gasteiger partial charge in [0.05, 0.1) is 6.61 Å². The van der Waals surface area contributed by atoms with E-state index in [1.165, 1.54) is 24.0 Å². The Hall–Kier alpha value is -0.860. The predicted molar refractivity (Wildman–Crippen MR) is 68.4 cm³/mol. The smallest absolute Gasteiger partial charge is 0.0713 e. The van der Waals surface area contributed by atoms with E-state index in [1.807, 2.05) is 0 Å². The molecule has 1 N–H and O–H groups in total. The second-order valence-electron chi connectivity index (χ2n) is 4.32. The highest BCUT2D eigenvalue weighted by Crippen LogP contribution is 2.06. The van der Waals surface area contributed by atoms with Gasteiger partial charge in [-0.3, -0.25) is 0 Å². The van der Waals surface area contributed by atoms with Crippen molar-refractivity contribution in [1.82, 2.24) is 5.32 Å². The summed E-state index contributed by atoms with van der Waals surface area (Å²) in [5.41, 5.74) is 2.57. The average molecular weight is 221 g/mol. The van der Waals surface area contributed by atoms with Crippen LogP contribution in [-0.4, -0.2) is 13.2 Å². The second-order valence-corrected chi connectivity index (χ2v) is 4.32. The monoisotopic (exact) mass is 221 g/mol. The Morgan fingerprint density at radius 3 is 2.38 bits per heavy atom. The molecule has 0 aliphatic rings. The van der Waals surface area contributed by atoms with Crippen molar-refractivity contribution in [2.24, 2.45) is 0 Å². The Bertz CT molecular complexity index is 281. The van der Waals surface area contributed by atoms with Crippen LogP contribution in [0, 0.1) is 0 Å². The molecule has 1 rings (SSSR count). The maximum absolute atomic E-state index is 5.08. The van der Waals surface area contributed by atoms with E-state index in [0.29, 0.717) is 12.6 Å². The Balaban J connectivity index is 2.37. The van der Waals surface area contributed by atoms with E-state index in [4.69, 9.17) is 4.74 Å². The zero-order valence-corrected chi connectivity index (χ0v) is 10.6. The first-order chi connectivity index (χ1) is 7.76. The minimum absolute atomic E-state index is 0.601. The molecule has 1 aromatic carbocycles. The van der Waals surface area contributed by atoms with Gasteiger partial charge in [0.15, 0.2) is 0 Å². The Morgan fingerprint density at radius 2 is 1.81 bits per heavy atom. The molecule has 0 fully saturated rings. The second kappa shape index (κ2) is 7.42. The number of rotatable bonds is 7. The molecule has 0 saturated carbocycles. The SMILES string of the molecule is CCCC(C)NCc1ccc(COC)cc1. The van der Waals surface area contributed by atoms with Gasteiger partial charge < -0.3 is 10.1 Å². The Morgan fingerprint density at radius 1 is 1.19 bits per heavy atom. The zero-order valence-electron chi connectivity index (χ0n) is 10.6. The van der Waals surface area contributed by atoms with E-state index in [0.717, 1.165) is 6.54 Å². The number of ether oxygens (including phenoxy) is 1. The van der Waals surface area contributed by atoms with Crippen molar-refractivity contribution in [1.29, 1.82) is 0 Å². The quantitative estimate of drug-likeness (QED) is 0.764. The fourth-order valence-electron chi connectivity index (χ4n) is 1.75. The van der Waals surface area contributed by atoms with Crippen LogP contribution in [-0.2, 0) is 17.9 Å². The van der Waals surface area contributed by atoms with Gasteiger partial charge in [0.1, 0.15) is 0 Å². The largest absolute Gasteiger partial charge is 0.380 e. The number of nitrogens with one attached hydrogen (secondary N) is 1. The molecule has 0 bridgehead atoms. The lowest BCUT2D eigenvalue weighted by atomic mass is 10.1. The van der Waals surface area contributed by atoms with Crippen LogP contribution in [0.3, 0.4) is 0 Å². The van der Waals surface area contributed by atoms with Crippen molar-refractivity contribution in [3.8, 4) is 0 Å². The summed E-state index contributed by atoms with van der Waals surface area (Å²) in [5.74, 6) is 0. The lowest BCUT2D eigenvalue weighted by molar-refractivity contribution is 0.185. The molecule has 0 aliphatic carbocycles. The summed E-state index contributed by atoms with van der Waals surface area (Å²) in [6.07, 6.45) is 2.47. The van der Waals surface area contributed by atoms with Gasteiger partial charge in [0.25, 0.3) is 0 Å². The molecule has 90 valence electrons. The molecule has 2 heteroatoms. The highest BCUT2D eigenvalue weighted by atomic mass is 16.5. The van der Waals surface area contributed by atoms with E-state index >= 15 is 0 Å². The van der Waals surface area contributed by atoms with Crippen LogP contribution < -0.4 is 5.32 Å². The van der Waals surface area contributed by atoms with Crippen LogP contribution in [0.15, 0.2) is 24.3 Å². The van der Waals surface area contributed by atoms with Crippen LogP contribution >= 0.6 is 0 Å². The molecule has 2 nitrogen and oxygen atoms in total. The maximum atomic E-state index is 5.08. The van der Waals surface area contributed by atoms with E-state index in [2.05, 4.69) is 43.4 Å². The topological polar surface area (TPSA) is 21.3 Å². The van der Waals surface area contributed by atoms with Crippen molar-refractivity contribution >= 4 is 0 Å². The lowest BCUT2D eigenvalue weighted by Gasteiger charge is -2.12. The summed E-state index contributed by atoms with van der Waals surface area (Å²) in [4.78, 5) is 0. The van der Waals surface area contributed by atoms with Crippen molar-refractivity contribution in [3.05, 3.63) is 35.4 Å². The molecule has 0 radical (unpaired) electrons. The van der Waals surface area contributed by atoms with E-state index in [1.54, 1.807) is 7.11 Å². The minimum atomic E-state index is 0.601. The van der Waals surface area contributed by atoms with Gasteiger partial charge in [0, 0.05) is 19.7 Å². The summed E-state index contributed by atoms with van der Waals surface area (Å²) in [6.45, 7) is 6.11. The van der Waals surface area contributed by atoms with Crippen LogP contribution in [0.1, 0.15) is 37.8 Å². The first-order valence-corrected chi connectivity index (χ1v) is 6.06. The number of benzene rings is 1. The molecule has 0 amide bonds. The molecule has 1 unspecified atom stereocenters. The minimum Gasteiger partial charge on any atom is -0.380 e. The summed E-state index contributed by atoms with van der Waals surface area (Å²) < 4.78 is 5.08. The molecular weight excluding hydrogens is 198 g/mol. The zero-order chi connectivity index (χ0) is 11.8. The number of hydrogen-bond acceptors (Lipinski definition) is 2. The third-order valence-electron chi connectivity index (χ3n) is 2.71. The Labute approximate surface area is 99.0 Å². The third-order valence-corrected chi connectivity index (χ3v) is 2.71. The normalized spacial score (nSPS) is 12.7. The van der Waals surface area contributed by atoms with E-state index < -0.39 is 0 Å². The van der Waals surface area contributed by atoms with Crippen LogP contribution in [0.2, 0.25) is 0 Å². The first kappa shape index (κ1) is 13.2. The molecule has 0 aliphatic heterocycles. The average Bonchev–Trinajstić information content (AvgIpc) is 2.29. The third kappa shape index (κ3) is 4.77. The van der Waals surface area contributed by atoms with Gasteiger partial charge in [-0.05, 0) is 24.5 Å². The first-order valence-electron chi connectivity index (χ1n) is 6.06. The summed E-state index contributed by atoms with van der Waals surface area (Å²) in [6, 6.07) is 9.19. The predicted octanol–water partition coefficient (Wildman–Crippen LogP) is 3.11. The molecule has 1 atom stereocenters. The molecule has 1 aromatic rings. The van der Waals surface area contributed by atoms with Gasteiger partial charge in [-0.1, -0.05) is 37.6 Å². The fraction of sp³-hybridized carbons (Fsp3) is 0.571. The van der Waals surface area contributed by atoms with Crippen LogP contribution in [0.4, 0.5) is 0 Å². The van der Waals surface area contributed by atoms with Crippen molar-refractivity contribution in [2.45, 2.75) is 45.9 Å². The number of methoxy groups -OCH3 is 1. The summed E-state index contributed by atoms with van der Waals surface area (Å²) in [5, 5.41) is 3.52.